The molecule has 0 aromatic carbocycles. The second-order valence-corrected chi connectivity index (χ2v) is 4.98. The van der Waals surface area contributed by atoms with Gasteiger partial charge in [-0.1, -0.05) is 19.9 Å². The van der Waals surface area contributed by atoms with Crippen LogP contribution in [0, 0.1) is 5.92 Å². The van der Waals surface area contributed by atoms with Crippen LogP contribution in [0.3, 0.4) is 0 Å². The zero-order valence-electron chi connectivity index (χ0n) is 12.4. The minimum absolute atomic E-state index is 0.163. The van der Waals surface area contributed by atoms with Crippen molar-refractivity contribution in [2.75, 3.05) is 13.2 Å². The standard InChI is InChI=1S/C14H22F2N4O/c1-10(2)5-7-19-14(17)20-8-11-4-3-6-18-13(11)21-9-12(15)16/h3-4,6,10,12H,5,7-9H2,1-2H3,(H3,17,19,20). The van der Waals surface area contributed by atoms with Gasteiger partial charge in [-0.25, -0.2) is 18.8 Å². The lowest BCUT2D eigenvalue weighted by molar-refractivity contribution is 0.0791. The number of aromatic nitrogens is 1. The third-order valence-electron chi connectivity index (χ3n) is 2.64. The van der Waals surface area contributed by atoms with Crippen molar-refractivity contribution < 1.29 is 13.5 Å². The zero-order valence-corrected chi connectivity index (χ0v) is 12.4. The van der Waals surface area contributed by atoms with Gasteiger partial charge in [-0.05, 0) is 18.4 Å². The molecule has 5 nitrogen and oxygen atoms in total. The molecule has 0 amide bonds. The Labute approximate surface area is 123 Å². The number of nitrogens with one attached hydrogen (secondary N) is 1. The third-order valence-corrected chi connectivity index (χ3v) is 2.64. The summed E-state index contributed by atoms with van der Waals surface area (Å²) in [4.78, 5) is 8.08. The molecule has 7 heteroatoms. The fraction of sp³-hybridized carbons (Fsp3) is 0.571. The highest BCUT2D eigenvalue weighted by atomic mass is 19.3. The van der Waals surface area contributed by atoms with Gasteiger partial charge in [-0.15, -0.1) is 0 Å². The number of alkyl halides is 2. The Balaban J connectivity index is 2.53. The lowest BCUT2D eigenvalue weighted by atomic mass is 10.1. The number of ether oxygens (including phenoxy) is 1. The Hall–Kier alpha value is -1.92. The van der Waals surface area contributed by atoms with E-state index in [-0.39, 0.29) is 12.4 Å². The summed E-state index contributed by atoms with van der Waals surface area (Å²) in [6.45, 7) is 4.53. The van der Waals surface area contributed by atoms with Crippen LogP contribution in [-0.4, -0.2) is 30.5 Å². The fourth-order valence-electron chi connectivity index (χ4n) is 1.53. The molecule has 1 heterocycles. The van der Waals surface area contributed by atoms with Gasteiger partial charge in [0.25, 0.3) is 6.43 Å². The minimum atomic E-state index is -2.54. The molecule has 0 saturated heterocycles. The predicted octanol–water partition coefficient (Wildman–Crippen LogP) is 2.18. The molecule has 118 valence electrons. The van der Waals surface area contributed by atoms with Crippen molar-refractivity contribution in [3.63, 3.8) is 0 Å². The first-order valence-corrected chi connectivity index (χ1v) is 6.87. The highest BCUT2D eigenvalue weighted by Gasteiger charge is 2.08. The smallest absolute Gasteiger partial charge is 0.272 e. The van der Waals surface area contributed by atoms with E-state index in [0.29, 0.717) is 17.4 Å². The highest BCUT2D eigenvalue weighted by molar-refractivity contribution is 5.77. The van der Waals surface area contributed by atoms with Crippen molar-refractivity contribution in [3.8, 4) is 5.88 Å². The van der Waals surface area contributed by atoms with Gasteiger partial charge in [0.2, 0.25) is 5.88 Å². The summed E-state index contributed by atoms with van der Waals surface area (Å²) >= 11 is 0. The lowest BCUT2D eigenvalue weighted by Gasteiger charge is -2.09. The molecule has 3 N–H and O–H groups in total. The molecule has 1 aromatic rings. The number of pyridine rings is 1. The SMILES string of the molecule is CC(C)CCNC(N)=NCc1cccnc1OCC(F)F. The van der Waals surface area contributed by atoms with Crippen molar-refractivity contribution in [3.05, 3.63) is 23.9 Å². The number of rotatable bonds is 8. The second kappa shape index (κ2) is 9.10. The van der Waals surface area contributed by atoms with Crippen LogP contribution in [0.5, 0.6) is 5.88 Å². The van der Waals surface area contributed by atoms with E-state index in [4.69, 9.17) is 10.5 Å². The van der Waals surface area contributed by atoms with Crippen LogP contribution in [0.4, 0.5) is 8.78 Å². The molecule has 1 rings (SSSR count). The number of guanidine groups is 1. The molecule has 0 aliphatic carbocycles. The van der Waals surface area contributed by atoms with E-state index in [0.717, 1.165) is 13.0 Å². The van der Waals surface area contributed by atoms with Crippen molar-refractivity contribution >= 4 is 5.96 Å². The van der Waals surface area contributed by atoms with Crippen LogP contribution >= 0.6 is 0 Å². The number of aliphatic imine (C=N–C) groups is 1. The second-order valence-electron chi connectivity index (χ2n) is 4.98. The Morgan fingerprint density at radius 2 is 2.24 bits per heavy atom. The van der Waals surface area contributed by atoms with Crippen LogP contribution in [0.1, 0.15) is 25.8 Å². The van der Waals surface area contributed by atoms with Gasteiger partial charge in [0.05, 0.1) is 6.54 Å². The van der Waals surface area contributed by atoms with Crippen LogP contribution in [0.25, 0.3) is 0 Å². The van der Waals surface area contributed by atoms with Gasteiger partial charge in [-0.2, -0.15) is 0 Å². The quantitative estimate of drug-likeness (QED) is 0.570. The number of nitrogens with two attached hydrogens (primary N) is 1. The number of hydrogen-bond donors (Lipinski definition) is 2. The Bertz CT molecular complexity index is 452. The van der Waals surface area contributed by atoms with Gasteiger partial charge in [0.15, 0.2) is 12.6 Å². The molecule has 0 fully saturated rings. The topological polar surface area (TPSA) is 72.5 Å². The summed E-state index contributed by atoms with van der Waals surface area (Å²) in [5.41, 5.74) is 6.36. The maximum absolute atomic E-state index is 12.2. The number of hydrogen-bond acceptors (Lipinski definition) is 3. The summed E-state index contributed by atoms with van der Waals surface area (Å²) in [6.07, 6.45) is -0.0597. The van der Waals surface area contributed by atoms with E-state index in [1.165, 1.54) is 6.20 Å². The summed E-state index contributed by atoms with van der Waals surface area (Å²) in [5.74, 6) is 1.06. The number of halogens is 2. The summed E-state index contributed by atoms with van der Waals surface area (Å²) in [5, 5.41) is 3.00. The van der Waals surface area contributed by atoms with E-state index >= 15 is 0 Å². The normalized spacial score (nSPS) is 12.0. The Morgan fingerprint density at radius 1 is 1.48 bits per heavy atom. The van der Waals surface area contributed by atoms with E-state index in [9.17, 15) is 8.78 Å². The third kappa shape index (κ3) is 7.43. The first-order chi connectivity index (χ1) is 9.99. The van der Waals surface area contributed by atoms with Gasteiger partial charge >= 0.3 is 0 Å². The van der Waals surface area contributed by atoms with Crippen LogP contribution < -0.4 is 15.8 Å². The van der Waals surface area contributed by atoms with E-state index in [2.05, 4.69) is 29.1 Å². The molecule has 0 aliphatic rings. The molecule has 0 radical (unpaired) electrons. The van der Waals surface area contributed by atoms with Crippen LogP contribution in [-0.2, 0) is 6.54 Å². The molecular formula is C14H22F2N4O. The average Bonchev–Trinajstić information content (AvgIpc) is 2.43. The van der Waals surface area contributed by atoms with E-state index in [1.54, 1.807) is 12.1 Å². The molecule has 1 aromatic heterocycles. The number of nitrogens with zero attached hydrogens (tertiary/aromatic N) is 2. The average molecular weight is 300 g/mol. The first kappa shape index (κ1) is 17.1. The monoisotopic (exact) mass is 300 g/mol. The van der Waals surface area contributed by atoms with Crippen LogP contribution in [0.15, 0.2) is 23.3 Å². The maximum Gasteiger partial charge on any atom is 0.272 e. The molecule has 0 bridgehead atoms. The van der Waals surface area contributed by atoms with E-state index < -0.39 is 13.0 Å². The van der Waals surface area contributed by atoms with Crippen molar-refractivity contribution in [1.29, 1.82) is 0 Å². The van der Waals surface area contributed by atoms with E-state index in [1.807, 2.05) is 0 Å². The van der Waals surface area contributed by atoms with Gasteiger partial charge in [0, 0.05) is 18.3 Å². The van der Waals surface area contributed by atoms with Crippen LogP contribution in [0.2, 0.25) is 0 Å². The fourth-order valence-corrected chi connectivity index (χ4v) is 1.53. The molecular weight excluding hydrogens is 278 g/mol. The van der Waals surface area contributed by atoms with Gasteiger partial charge in [-0.3, -0.25) is 0 Å². The van der Waals surface area contributed by atoms with Crippen molar-refractivity contribution in [2.24, 2.45) is 16.6 Å². The summed E-state index contributed by atoms with van der Waals surface area (Å²) in [6, 6.07) is 3.42. The summed E-state index contributed by atoms with van der Waals surface area (Å²) in [7, 11) is 0. The Kier molecular flexibility index (Phi) is 7.42. The predicted molar refractivity (Wildman–Crippen MR) is 78.5 cm³/mol. The van der Waals surface area contributed by atoms with Crippen molar-refractivity contribution in [1.82, 2.24) is 10.3 Å². The molecule has 0 atom stereocenters. The van der Waals surface area contributed by atoms with Crippen molar-refractivity contribution in [2.45, 2.75) is 33.2 Å². The lowest BCUT2D eigenvalue weighted by Crippen LogP contribution is -2.32. The molecule has 0 unspecified atom stereocenters. The van der Waals surface area contributed by atoms with Gasteiger partial charge < -0.3 is 15.8 Å². The molecule has 0 spiro atoms. The minimum Gasteiger partial charge on any atom is -0.471 e. The molecule has 0 aliphatic heterocycles. The van der Waals surface area contributed by atoms with Gasteiger partial charge in [0.1, 0.15) is 0 Å². The molecule has 0 saturated carbocycles. The Morgan fingerprint density at radius 3 is 2.90 bits per heavy atom. The molecule has 21 heavy (non-hydrogen) atoms. The maximum atomic E-state index is 12.2. The first-order valence-electron chi connectivity index (χ1n) is 6.87. The largest absolute Gasteiger partial charge is 0.471 e. The zero-order chi connectivity index (χ0) is 15.7. The summed E-state index contributed by atoms with van der Waals surface area (Å²) < 4.78 is 29.3. The highest BCUT2D eigenvalue weighted by Crippen LogP contribution is 2.16.